The molecule has 0 spiro atoms. The molecule has 3 aromatic carbocycles. The van der Waals surface area contributed by atoms with Gasteiger partial charge in [-0.3, -0.25) is 4.79 Å². The van der Waals surface area contributed by atoms with E-state index in [1.165, 1.54) is 24.3 Å². The Balaban J connectivity index is 1.10. The van der Waals surface area contributed by atoms with E-state index in [4.69, 9.17) is 14.0 Å². The van der Waals surface area contributed by atoms with Crippen LogP contribution in [0, 0.1) is 5.82 Å². The summed E-state index contributed by atoms with van der Waals surface area (Å²) in [6.45, 7) is 0.872. The number of likely N-dealkylation sites (tertiary alicyclic amines) is 1. The summed E-state index contributed by atoms with van der Waals surface area (Å²) < 4.78 is 29.6. The smallest absolute Gasteiger partial charge is 0.260 e. The number of nitrogens with zero attached hydrogens (tertiary/aromatic N) is 3. The maximum atomic E-state index is 12.9. The summed E-state index contributed by atoms with van der Waals surface area (Å²) in [6.07, 6.45) is -0.0845. The van der Waals surface area contributed by atoms with E-state index < -0.39 is 0 Å². The molecule has 166 valence electrons. The van der Waals surface area contributed by atoms with E-state index in [2.05, 4.69) is 10.1 Å². The Morgan fingerprint density at radius 3 is 2.36 bits per heavy atom. The van der Waals surface area contributed by atoms with Crippen molar-refractivity contribution in [2.24, 2.45) is 0 Å². The fourth-order valence-corrected chi connectivity index (χ4v) is 3.40. The van der Waals surface area contributed by atoms with Gasteiger partial charge in [0.05, 0.1) is 13.1 Å². The molecule has 4 aromatic rings. The monoisotopic (exact) mass is 445 g/mol. The van der Waals surface area contributed by atoms with E-state index in [0.717, 1.165) is 11.1 Å². The van der Waals surface area contributed by atoms with Crippen LogP contribution < -0.4 is 9.47 Å². The molecule has 0 radical (unpaired) electrons. The van der Waals surface area contributed by atoms with E-state index in [-0.39, 0.29) is 24.4 Å². The molecule has 1 aliphatic rings. The normalized spacial score (nSPS) is 13.4. The van der Waals surface area contributed by atoms with Gasteiger partial charge >= 0.3 is 0 Å². The van der Waals surface area contributed by atoms with Gasteiger partial charge in [-0.05, 0) is 48.5 Å². The van der Waals surface area contributed by atoms with Crippen LogP contribution in [0.25, 0.3) is 22.8 Å². The highest BCUT2D eigenvalue weighted by molar-refractivity contribution is 5.78. The summed E-state index contributed by atoms with van der Waals surface area (Å²) in [5.41, 5.74) is 1.68. The van der Waals surface area contributed by atoms with Crippen molar-refractivity contribution in [3.63, 3.8) is 0 Å². The summed E-state index contributed by atoms with van der Waals surface area (Å²) >= 11 is 0. The van der Waals surface area contributed by atoms with Crippen molar-refractivity contribution in [1.29, 1.82) is 0 Å². The topological polar surface area (TPSA) is 77.7 Å². The van der Waals surface area contributed by atoms with Gasteiger partial charge in [0.2, 0.25) is 5.82 Å². The molecule has 1 aliphatic heterocycles. The second-order valence-corrected chi connectivity index (χ2v) is 7.59. The van der Waals surface area contributed by atoms with E-state index in [0.29, 0.717) is 36.3 Å². The van der Waals surface area contributed by atoms with Crippen molar-refractivity contribution in [3.8, 4) is 34.3 Å². The van der Waals surface area contributed by atoms with E-state index >= 15 is 0 Å². The standard InChI is InChI=1S/C25H20FN3O4/c26-19-8-12-20(13-9-19)31-16-23(30)29-14-22(15-29)32-21-10-6-18(7-11-21)25-27-24(28-33-25)17-4-2-1-3-5-17/h1-13,22H,14-16H2. The van der Waals surface area contributed by atoms with Crippen LogP contribution in [-0.4, -0.2) is 46.7 Å². The Bertz CT molecular complexity index is 1220. The van der Waals surface area contributed by atoms with Gasteiger partial charge in [-0.25, -0.2) is 4.39 Å². The SMILES string of the molecule is O=C(COc1ccc(F)cc1)N1CC(Oc2ccc(-c3nc(-c4ccccc4)no3)cc2)C1. The highest BCUT2D eigenvalue weighted by Gasteiger charge is 2.32. The van der Waals surface area contributed by atoms with Crippen molar-refractivity contribution in [2.75, 3.05) is 19.7 Å². The molecule has 0 unspecified atom stereocenters. The number of hydrogen-bond donors (Lipinski definition) is 0. The van der Waals surface area contributed by atoms with Crippen LogP contribution in [0.5, 0.6) is 11.5 Å². The molecule has 1 amide bonds. The average molecular weight is 445 g/mol. The first-order chi connectivity index (χ1) is 16.1. The Morgan fingerprint density at radius 1 is 0.939 bits per heavy atom. The summed E-state index contributed by atoms with van der Waals surface area (Å²) in [5, 5.41) is 4.04. The first-order valence-corrected chi connectivity index (χ1v) is 10.5. The number of carbonyl (C=O) groups is 1. The fraction of sp³-hybridized carbons (Fsp3) is 0.160. The predicted octanol–water partition coefficient (Wildman–Crippen LogP) is 4.21. The van der Waals surface area contributed by atoms with Gasteiger partial charge in [0, 0.05) is 11.1 Å². The van der Waals surface area contributed by atoms with Gasteiger partial charge in [0.25, 0.3) is 11.8 Å². The second-order valence-electron chi connectivity index (χ2n) is 7.59. The fourth-order valence-electron chi connectivity index (χ4n) is 3.40. The number of hydrogen-bond acceptors (Lipinski definition) is 6. The molecule has 1 saturated heterocycles. The maximum Gasteiger partial charge on any atom is 0.260 e. The number of benzene rings is 3. The molecule has 5 rings (SSSR count). The molecule has 1 aromatic heterocycles. The average Bonchev–Trinajstić information content (AvgIpc) is 3.32. The van der Waals surface area contributed by atoms with Gasteiger partial charge in [-0.1, -0.05) is 35.5 Å². The lowest BCUT2D eigenvalue weighted by Crippen LogP contribution is -2.57. The van der Waals surface area contributed by atoms with Crippen molar-refractivity contribution in [3.05, 3.63) is 84.7 Å². The number of carbonyl (C=O) groups excluding carboxylic acids is 1. The predicted molar refractivity (Wildman–Crippen MR) is 118 cm³/mol. The molecular formula is C25H20FN3O4. The Morgan fingerprint density at radius 2 is 1.64 bits per heavy atom. The largest absolute Gasteiger partial charge is 0.487 e. The minimum Gasteiger partial charge on any atom is -0.487 e. The van der Waals surface area contributed by atoms with Gasteiger partial charge in [0.15, 0.2) is 6.61 Å². The lowest BCUT2D eigenvalue weighted by Gasteiger charge is -2.38. The first kappa shape index (κ1) is 20.7. The molecule has 0 saturated carbocycles. The summed E-state index contributed by atoms with van der Waals surface area (Å²) in [7, 11) is 0. The van der Waals surface area contributed by atoms with Crippen LogP contribution in [-0.2, 0) is 4.79 Å². The molecule has 2 heterocycles. The van der Waals surface area contributed by atoms with Crippen LogP contribution in [0.4, 0.5) is 4.39 Å². The van der Waals surface area contributed by atoms with E-state index in [1.54, 1.807) is 4.90 Å². The summed E-state index contributed by atoms with van der Waals surface area (Å²) in [5.74, 6) is 1.63. The minimum atomic E-state index is -0.349. The minimum absolute atomic E-state index is 0.0845. The number of rotatable bonds is 7. The first-order valence-electron chi connectivity index (χ1n) is 10.5. The lowest BCUT2D eigenvalue weighted by atomic mass is 10.1. The third-order valence-corrected chi connectivity index (χ3v) is 5.24. The molecule has 0 aliphatic carbocycles. The highest BCUT2D eigenvalue weighted by atomic mass is 19.1. The van der Waals surface area contributed by atoms with Crippen molar-refractivity contribution < 1.29 is 23.2 Å². The van der Waals surface area contributed by atoms with Crippen LogP contribution in [0.2, 0.25) is 0 Å². The number of aromatic nitrogens is 2. The summed E-state index contributed by atoms with van der Waals surface area (Å²) in [6, 6.07) is 22.6. The van der Waals surface area contributed by atoms with Crippen LogP contribution in [0.15, 0.2) is 83.4 Å². The quantitative estimate of drug-likeness (QED) is 0.424. The molecule has 0 bridgehead atoms. The molecular weight excluding hydrogens is 425 g/mol. The number of ether oxygens (including phenoxy) is 2. The van der Waals surface area contributed by atoms with Crippen molar-refractivity contribution in [1.82, 2.24) is 15.0 Å². The molecule has 33 heavy (non-hydrogen) atoms. The third kappa shape index (κ3) is 4.85. The lowest BCUT2D eigenvalue weighted by molar-refractivity contribution is -0.142. The number of amides is 1. The van der Waals surface area contributed by atoms with Gasteiger partial charge < -0.3 is 18.9 Å². The third-order valence-electron chi connectivity index (χ3n) is 5.24. The Hall–Kier alpha value is -4.20. The van der Waals surface area contributed by atoms with Crippen molar-refractivity contribution in [2.45, 2.75) is 6.10 Å². The molecule has 0 N–H and O–H groups in total. The molecule has 1 fully saturated rings. The van der Waals surface area contributed by atoms with Crippen LogP contribution in [0.1, 0.15) is 0 Å². The van der Waals surface area contributed by atoms with Crippen molar-refractivity contribution >= 4 is 5.91 Å². The molecule has 8 heteroatoms. The second kappa shape index (κ2) is 9.12. The maximum absolute atomic E-state index is 12.9. The number of halogens is 1. The highest BCUT2D eigenvalue weighted by Crippen LogP contribution is 2.25. The van der Waals surface area contributed by atoms with Gasteiger partial charge in [-0.2, -0.15) is 4.98 Å². The van der Waals surface area contributed by atoms with Crippen LogP contribution >= 0.6 is 0 Å². The van der Waals surface area contributed by atoms with Gasteiger partial charge in [-0.15, -0.1) is 0 Å². The molecule has 0 atom stereocenters. The zero-order valence-corrected chi connectivity index (χ0v) is 17.6. The Labute approximate surface area is 189 Å². The van der Waals surface area contributed by atoms with E-state index in [9.17, 15) is 9.18 Å². The summed E-state index contributed by atoms with van der Waals surface area (Å²) in [4.78, 5) is 18.3. The Kier molecular flexibility index (Phi) is 5.72. The van der Waals surface area contributed by atoms with Gasteiger partial charge in [0.1, 0.15) is 23.4 Å². The molecule has 7 nitrogen and oxygen atoms in total. The zero-order valence-electron chi connectivity index (χ0n) is 17.6. The van der Waals surface area contributed by atoms with E-state index in [1.807, 2.05) is 54.6 Å². The van der Waals surface area contributed by atoms with Crippen LogP contribution in [0.3, 0.4) is 0 Å². The zero-order chi connectivity index (χ0) is 22.6.